The van der Waals surface area contributed by atoms with Gasteiger partial charge in [0.1, 0.15) is 6.61 Å². The van der Waals surface area contributed by atoms with Crippen LogP contribution < -0.4 is 0 Å². The number of esters is 1. The summed E-state index contributed by atoms with van der Waals surface area (Å²) >= 11 is 0. The second kappa shape index (κ2) is 8.25. The van der Waals surface area contributed by atoms with Crippen molar-refractivity contribution in [3.8, 4) is 0 Å². The second-order valence-corrected chi connectivity index (χ2v) is 3.65. The van der Waals surface area contributed by atoms with Gasteiger partial charge in [0.25, 0.3) is 5.90 Å². The first-order valence-corrected chi connectivity index (χ1v) is 5.83. The Balaban J connectivity index is 2.42. The van der Waals surface area contributed by atoms with E-state index in [0.29, 0.717) is 12.2 Å². The number of carbonyl (C=O) groups is 1. The lowest BCUT2D eigenvalue weighted by atomic mass is 10.2. The van der Waals surface area contributed by atoms with E-state index < -0.39 is 5.97 Å². The van der Waals surface area contributed by atoms with Gasteiger partial charge >= 0.3 is 5.97 Å². The van der Waals surface area contributed by atoms with E-state index in [1.54, 1.807) is 24.3 Å². The van der Waals surface area contributed by atoms with Crippen molar-refractivity contribution in [3.63, 3.8) is 0 Å². The maximum absolute atomic E-state index is 11.4. The second-order valence-electron chi connectivity index (χ2n) is 3.65. The Bertz CT molecular complexity index is 389. The number of carbonyl (C=O) groups excluding carboxylic acids is 1. The van der Waals surface area contributed by atoms with Crippen molar-refractivity contribution in [2.75, 3.05) is 13.2 Å². The number of hydrogen-bond acceptors (Lipinski definition) is 5. The smallest absolute Gasteiger partial charge is 0.338 e. The summed E-state index contributed by atoms with van der Waals surface area (Å²) in [4.78, 5) is 11.4. The third-order valence-corrected chi connectivity index (χ3v) is 2.18. The van der Waals surface area contributed by atoms with E-state index in [1.165, 1.54) is 0 Å². The van der Waals surface area contributed by atoms with Crippen molar-refractivity contribution in [1.82, 2.24) is 0 Å². The van der Waals surface area contributed by atoms with Gasteiger partial charge in [-0.3, -0.25) is 0 Å². The first-order valence-electron chi connectivity index (χ1n) is 5.83. The molecule has 5 nitrogen and oxygen atoms in total. The molecule has 0 heterocycles. The van der Waals surface area contributed by atoms with Gasteiger partial charge in [0, 0.05) is 12.2 Å². The zero-order valence-corrected chi connectivity index (χ0v) is 10.3. The van der Waals surface area contributed by atoms with Gasteiger partial charge in [-0.2, -0.15) is 0 Å². The zero-order valence-electron chi connectivity index (χ0n) is 10.3. The molecule has 0 aromatic heterocycles. The van der Waals surface area contributed by atoms with Crippen molar-refractivity contribution in [1.29, 1.82) is 0 Å². The van der Waals surface area contributed by atoms with Crippen LogP contribution in [0.25, 0.3) is 0 Å². The molecule has 0 fully saturated rings. The molecule has 1 rings (SSSR count). The summed E-state index contributed by atoms with van der Waals surface area (Å²) in [6.45, 7) is 2.40. The predicted molar refractivity (Wildman–Crippen MR) is 66.6 cm³/mol. The summed E-state index contributed by atoms with van der Waals surface area (Å²) in [5.41, 5.74) is 0.530. The number of benzene rings is 1. The van der Waals surface area contributed by atoms with Gasteiger partial charge in [-0.05, 0) is 23.7 Å². The molecule has 0 aliphatic carbocycles. The van der Waals surface area contributed by atoms with Gasteiger partial charge in [-0.1, -0.05) is 31.5 Å². The molecule has 0 radical (unpaired) electrons. The largest absolute Gasteiger partial charge is 0.408 e. The van der Waals surface area contributed by atoms with Crippen molar-refractivity contribution in [3.05, 3.63) is 35.9 Å². The lowest BCUT2D eigenvalue weighted by Gasteiger charge is -2.06. The molecular formula is C13H17NO4. The van der Waals surface area contributed by atoms with Crippen LogP contribution in [-0.4, -0.2) is 30.3 Å². The van der Waals surface area contributed by atoms with Gasteiger partial charge < -0.3 is 14.7 Å². The molecule has 18 heavy (non-hydrogen) atoms. The highest BCUT2D eigenvalue weighted by molar-refractivity contribution is 6.00. The molecule has 1 aromatic carbocycles. The fourth-order valence-corrected chi connectivity index (χ4v) is 1.26. The van der Waals surface area contributed by atoms with E-state index in [-0.39, 0.29) is 12.5 Å². The first-order chi connectivity index (χ1) is 8.77. The maximum Gasteiger partial charge on any atom is 0.338 e. The Morgan fingerprint density at radius 1 is 1.33 bits per heavy atom. The van der Waals surface area contributed by atoms with Gasteiger partial charge in [-0.25, -0.2) is 4.79 Å². The van der Waals surface area contributed by atoms with Crippen LogP contribution in [0.5, 0.6) is 0 Å². The van der Waals surface area contributed by atoms with E-state index in [0.717, 1.165) is 12.8 Å². The number of oxime groups is 1. The number of hydrogen-bond donors (Lipinski definition) is 1. The third kappa shape index (κ3) is 4.97. The van der Waals surface area contributed by atoms with Crippen LogP contribution in [0.15, 0.2) is 35.5 Å². The van der Waals surface area contributed by atoms with Gasteiger partial charge in [-0.15, -0.1) is 0 Å². The molecule has 0 amide bonds. The van der Waals surface area contributed by atoms with Crippen LogP contribution >= 0.6 is 0 Å². The number of ether oxygens (including phenoxy) is 2. The Labute approximate surface area is 106 Å². The molecule has 0 saturated carbocycles. The quantitative estimate of drug-likeness (QED) is 0.210. The lowest BCUT2D eigenvalue weighted by molar-refractivity contribution is -0.140. The number of unbranched alkanes of at least 4 members (excludes halogenated alkanes) is 1. The van der Waals surface area contributed by atoms with Crippen molar-refractivity contribution in [2.45, 2.75) is 19.8 Å². The standard InChI is InChI=1S/C13H17NO4/c1-2-3-9-17-10-12(15)18-13(14-16)11-7-5-4-6-8-11/h4-8,16H,2-3,9-10H2,1H3. The summed E-state index contributed by atoms with van der Waals surface area (Å²) in [5.74, 6) is -0.706. The Hall–Kier alpha value is -1.88. The Morgan fingerprint density at radius 2 is 2.06 bits per heavy atom. The van der Waals surface area contributed by atoms with Crippen LogP contribution in [0, 0.1) is 0 Å². The molecule has 0 atom stereocenters. The molecule has 0 spiro atoms. The average Bonchev–Trinajstić information content (AvgIpc) is 2.42. The van der Waals surface area contributed by atoms with Crippen LogP contribution in [0.3, 0.4) is 0 Å². The highest BCUT2D eigenvalue weighted by atomic mass is 16.6. The summed E-state index contributed by atoms with van der Waals surface area (Å²) in [7, 11) is 0. The van der Waals surface area contributed by atoms with E-state index in [2.05, 4.69) is 5.16 Å². The van der Waals surface area contributed by atoms with E-state index in [1.807, 2.05) is 13.0 Å². The van der Waals surface area contributed by atoms with E-state index >= 15 is 0 Å². The molecular weight excluding hydrogens is 234 g/mol. The molecule has 1 N–H and O–H groups in total. The maximum atomic E-state index is 11.4. The van der Waals surface area contributed by atoms with Crippen molar-refractivity contribution < 1.29 is 19.5 Å². The predicted octanol–water partition coefficient (Wildman–Crippen LogP) is 2.18. The number of rotatable bonds is 6. The fourth-order valence-electron chi connectivity index (χ4n) is 1.26. The summed E-state index contributed by atoms with van der Waals surface area (Å²) < 4.78 is 10.0. The minimum Gasteiger partial charge on any atom is -0.408 e. The van der Waals surface area contributed by atoms with Gasteiger partial charge in [0.05, 0.1) is 0 Å². The Morgan fingerprint density at radius 3 is 2.67 bits per heavy atom. The van der Waals surface area contributed by atoms with Gasteiger partial charge in [0.2, 0.25) is 0 Å². The van der Waals surface area contributed by atoms with Crippen LogP contribution in [0.4, 0.5) is 0 Å². The minimum atomic E-state index is -0.581. The van der Waals surface area contributed by atoms with E-state index in [9.17, 15) is 4.79 Å². The highest BCUT2D eigenvalue weighted by Crippen LogP contribution is 2.03. The zero-order chi connectivity index (χ0) is 13.2. The molecule has 0 aliphatic rings. The summed E-state index contributed by atoms with van der Waals surface area (Å²) in [6.07, 6.45) is 1.90. The molecule has 0 saturated heterocycles. The number of nitrogens with zero attached hydrogens (tertiary/aromatic N) is 1. The lowest BCUT2D eigenvalue weighted by Crippen LogP contribution is -2.18. The van der Waals surface area contributed by atoms with Gasteiger partial charge in [0.15, 0.2) is 0 Å². The highest BCUT2D eigenvalue weighted by Gasteiger charge is 2.11. The van der Waals surface area contributed by atoms with Crippen LogP contribution in [-0.2, 0) is 14.3 Å². The minimum absolute atomic E-state index is 0.125. The topological polar surface area (TPSA) is 68.1 Å². The van der Waals surface area contributed by atoms with Crippen molar-refractivity contribution in [2.24, 2.45) is 5.16 Å². The fraction of sp³-hybridized carbons (Fsp3) is 0.385. The summed E-state index contributed by atoms with van der Waals surface area (Å²) in [5, 5.41) is 11.8. The normalized spacial score (nSPS) is 11.3. The molecule has 98 valence electrons. The first kappa shape index (κ1) is 14.2. The van der Waals surface area contributed by atoms with Crippen molar-refractivity contribution >= 4 is 11.9 Å². The van der Waals surface area contributed by atoms with Crippen LogP contribution in [0.2, 0.25) is 0 Å². The molecule has 5 heteroatoms. The molecule has 0 aliphatic heterocycles. The average molecular weight is 251 g/mol. The van der Waals surface area contributed by atoms with Crippen LogP contribution in [0.1, 0.15) is 25.3 Å². The molecule has 0 bridgehead atoms. The molecule has 0 unspecified atom stereocenters. The van der Waals surface area contributed by atoms with E-state index in [4.69, 9.17) is 14.7 Å². The molecule has 1 aromatic rings. The third-order valence-electron chi connectivity index (χ3n) is 2.18. The summed E-state index contributed by atoms with van der Waals surface area (Å²) in [6, 6.07) is 8.69. The SMILES string of the molecule is CCCCOCC(=O)OC(=NO)c1ccccc1. The monoisotopic (exact) mass is 251 g/mol. The Kier molecular flexibility index (Phi) is 6.50.